The van der Waals surface area contributed by atoms with E-state index in [0.29, 0.717) is 6.04 Å². The first kappa shape index (κ1) is 10.9. The van der Waals surface area contributed by atoms with Crippen LogP contribution in [0.3, 0.4) is 0 Å². The van der Waals surface area contributed by atoms with Crippen molar-refractivity contribution >= 4 is 0 Å². The molecule has 0 radical (unpaired) electrons. The lowest BCUT2D eigenvalue weighted by molar-refractivity contribution is 0.432. The highest BCUT2D eigenvalue weighted by Crippen LogP contribution is 2.65. The molecule has 0 aliphatic heterocycles. The Balaban J connectivity index is 1.44. The number of rotatable bonds is 3. The fourth-order valence-corrected chi connectivity index (χ4v) is 4.60. The Morgan fingerprint density at radius 3 is 2.67 bits per heavy atom. The van der Waals surface area contributed by atoms with Crippen LogP contribution in [0.25, 0.3) is 0 Å². The molecule has 3 saturated carbocycles. The fraction of sp³-hybridized carbons (Fsp3) is 0.667. The second-order valence-electron chi connectivity index (χ2n) is 6.34. The summed E-state index contributed by atoms with van der Waals surface area (Å²) in [6, 6.07) is 2.50. The summed E-state index contributed by atoms with van der Waals surface area (Å²) >= 11 is 0. The van der Waals surface area contributed by atoms with Gasteiger partial charge in [0.25, 0.3) is 0 Å². The molecular weight excluding hydrogens is 227 g/mol. The largest absolute Gasteiger partial charge is 0.307 e. The van der Waals surface area contributed by atoms with Crippen molar-refractivity contribution in [3.05, 3.63) is 29.8 Å². The third-order valence-corrected chi connectivity index (χ3v) is 5.40. The van der Waals surface area contributed by atoms with E-state index in [4.69, 9.17) is 0 Å². The van der Waals surface area contributed by atoms with Gasteiger partial charge in [-0.2, -0.15) is 0 Å². The van der Waals surface area contributed by atoms with Crippen molar-refractivity contribution in [2.45, 2.75) is 38.3 Å². The summed E-state index contributed by atoms with van der Waals surface area (Å²) in [7, 11) is 0. The molecule has 3 heteroatoms. The van der Waals surface area contributed by atoms with Crippen LogP contribution in [0.4, 0.5) is 4.39 Å². The average molecular weight is 246 g/mol. The van der Waals surface area contributed by atoms with E-state index in [9.17, 15) is 4.39 Å². The van der Waals surface area contributed by atoms with Crippen molar-refractivity contribution in [3.63, 3.8) is 0 Å². The molecule has 0 aromatic carbocycles. The van der Waals surface area contributed by atoms with Gasteiger partial charge in [-0.15, -0.1) is 0 Å². The Morgan fingerprint density at radius 1 is 1.28 bits per heavy atom. The standard InChI is InChI=1S/C15H19FN2/c1-8(11-5-12(16)7-17-6-11)18-15-13-9-2-3-10(4-9)14(13)15/h5-10,13-15,18H,2-4H2,1H3. The molecule has 3 aliphatic rings. The molecule has 1 heterocycles. The average Bonchev–Trinajstić information content (AvgIpc) is 2.77. The van der Waals surface area contributed by atoms with Crippen LogP contribution in [0.1, 0.15) is 37.8 Å². The van der Waals surface area contributed by atoms with Crippen molar-refractivity contribution < 1.29 is 4.39 Å². The normalized spacial score (nSPS) is 41.8. The van der Waals surface area contributed by atoms with Crippen LogP contribution < -0.4 is 5.32 Å². The number of nitrogens with one attached hydrogen (secondary N) is 1. The number of hydrogen-bond donors (Lipinski definition) is 1. The number of aromatic nitrogens is 1. The van der Waals surface area contributed by atoms with Crippen LogP contribution in [-0.2, 0) is 0 Å². The SMILES string of the molecule is CC(NC1C2C3CCC(C3)C12)c1cncc(F)c1. The number of halogens is 1. The molecule has 3 aliphatic carbocycles. The zero-order chi connectivity index (χ0) is 12.3. The molecule has 1 aromatic heterocycles. The van der Waals surface area contributed by atoms with E-state index in [-0.39, 0.29) is 11.9 Å². The third-order valence-electron chi connectivity index (χ3n) is 5.40. The van der Waals surface area contributed by atoms with Crippen LogP contribution in [0, 0.1) is 29.5 Å². The number of fused-ring (bicyclic) bond motifs is 5. The molecule has 2 bridgehead atoms. The van der Waals surface area contributed by atoms with Gasteiger partial charge in [0.1, 0.15) is 5.82 Å². The summed E-state index contributed by atoms with van der Waals surface area (Å²) in [5.74, 6) is 3.57. The minimum absolute atomic E-state index is 0.211. The summed E-state index contributed by atoms with van der Waals surface area (Å²) in [6.07, 6.45) is 7.40. The lowest BCUT2D eigenvalue weighted by Gasteiger charge is -2.17. The summed E-state index contributed by atoms with van der Waals surface area (Å²) in [6.45, 7) is 2.12. The van der Waals surface area contributed by atoms with Crippen LogP contribution in [0.15, 0.2) is 18.5 Å². The predicted octanol–water partition coefficient (Wildman–Crippen LogP) is 2.92. The molecule has 96 valence electrons. The summed E-state index contributed by atoms with van der Waals surface area (Å²) in [5.41, 5.74) is 0.965. The molecule has 3 fully saturated rings. The molecule has 0 spiro atoms. The van der Waals surface area contributed by atoms with E-state index in [1.54, 1.807) is 12.3 Å². The summed E-state index contributed by atoms with van der Waals surface area (Å²) < 4.78 is 13.2. The molecule has 5 unspecified atom stereocenters. The first-order valence-electron chi connectivity index (χ1n) is 7.10. The van der Waals surface area contributed by atoms with Gasteiger partial charge < -0.3 is 5.32 Å². The second kappa shape index (κ2) is 3.77. The Kier molecular flexibility index (Phi) is 2.28. The van der Waals surface area contributed by atoms with E-state index in [1.165, 1.54) is 25.5 Å². The van der Waals surface area contributed by atoms with E-state index in [0.717, 1.165) is 29.2 Å². The van der Waals surface area contributed by atoms with Crippen molar-refractivity contribution in [1.29, 1.82) is 0 Å². The van der Waals surface area contributed by atoms with E-state index in [2.05, 4.69) is 17.2 Å². The van der Waals surface area contributed by atoms with Gasteiger partial charge >= 0.3 is 0 Å². The maximum Gasteiger partial charge on any atom is 0.141 e. The van der Waals surface area contributed by atoms with Gasteiger partial charge in [0, 0.05) is 18.3 Å². The first-order chi connectivity index (χ1) is 8.74. The minimum Gasteiger partial charge on any atom is -0.307 e. The Labute approximate surface area is 107 Å². The van der Waals surface area contributed by atoms with E-state index in [1.807, 2.05) is 0 Å². The molecule has 2 nitrogen and oxygen atoms in total. The zero-order valence-electron chi connectivity index (χ0n) is 10.6. The van der Waals surface area contributed by atoms with Crippen LogP contribution in [0.2, 0.25) is 0 Å². The van der Waals surface area contributed by atoms with Gasteiger partial charge in [-0.25, -0.2) is 4.39 Å². The highest BCUT2D eigenvalue weighted by atomic mass is 19.1. The van der Waals surface area contributed by atoms with Crippen molar-refractivity contribution in [1.82, 2.24) is 10.3 Å². The molecule has 0 saturated heterocycles. The fourth-order valence-electron chi connectivity index (χ4n) is 4.60. The molecule has 4 rings (SSSR count). The lowest BCUT2D eigenvalue weighted by Crippen LogP contribution is -2.26. The van der Waals surface area contributed by atoms with Crippen LogP contribution in [-0.4, -0.2) is 11.0 Å². The van der Waals surface area contributed by atoms with Crippen LogP contribution >= 0.6 is 0 Å². The summed E-state index contributed by atoms with van der Waals surface area (Å²) in [4.78, 5) is 3.93. The highest BCUT2D eigenvalue weighted by Gasteiger charge is 2.64. The molecule has 0 amide bonds. The smallest absolute Gasteiger partial charge is 0.141 e. The summed E-state index contributed by atoms with van der Waals surface area (Å²) in [5, 5.41) is 3.69. The van der Waals surface area contributed by atoms with Gasteiger partial charge in [0.15, 0.2) is 0 Å². The van der Waals surface area contributed by atoms with Gasteiger partial charge in [-0.05, 0) is 61.5 Å². The highest BCUT2D eigenvalue weighted by molar-refractivity contribution is 5.20. The second-order valence-corrected chi connectivity index (χ2v) is 6.34. The molecule has 5 atom stereocenters. The maximum absolute atomic E-state index is 13.2. The zero-order valence-corrected chi connectivity index (χ0v) is 10.6. The molecular formula is C15H19FN2. The van der Waals surface area contributed by atoms with Gasteiger partial charge in [0.05, 0.1) is 6.20 Å². The molecule has 1 aromatic rings. The maximum atomic E-state index is 13.2. The quantitative estimate of drug-likeness (QED) is 0.887. The Hall–Kier alpha value is -0.960. The Morgan fingerprint density at radius 2 is 2.00 bits per heavy atom. The van der Waals surface area contributed by atoms with Crippen molar-refractivity contribution in [2.75, 3.05) is 0 Å². The Bertz CT molecular complexity index is 459. The monoisotopic (exact) mass is 246 g/mol. The first-order valence-corrected chi connectivity index (χ1v) is 7.10. The topological polar surface area (TPSA) is 24.9 Å². The molecule has 1 N–H and O–H groups in total. The third kappa shape index (κ3) is 1.53. The van der Waals surface area contributed by atoms with E-state index >= 15 is 0 Å². The number of pyridine rings is 1. The van der Waals surface area contributed by atoms with E-state index < -0.39 is 0 Å². The van der Waals surface area contributed by atoms with Crippen molar-refractivity contribution in [3.8, 4) is 0 Å². The molecule has 18 heavy (non-hydrogen) atoms. The van der Waals surface area contributed by atoms with Gasteiger partial charge in [-0.1, -0.05) is 0 Å². The van der Waals surface area contributed by atoms with Crippen LogP contribution in [0.5, 0.6) is 0 Å². The van der Waals surface area contributed by atoms with Gasteiger partial charge in [0.2, 0.25) is 0 Å². The van der Waals surface area contributed by atoms with Gasteiger partial charge in [-0.3, -0.25) is 4.98 Å². The number of hydrogen-bond acceptors (Lipinski definition) is 2. The minimum atomic E-state index is -0.239. The predicted molar refractivity (Wildman–Crippen MR) is 67.3 cm³/mol. The van der Waals surface area contributed by atoms with Crippen molar-refractivity contribution in [2.24, 2.45) is 23.7 Å². The lowest BCUT2D eigenvalue weighted by atomic mass is 10.0. The number of nitrogens with zero attached hydrogens (tertiary/aromatic N) is 1.